The van der Waals surface area contributed by atoms with Gasteiger partial charge in [-0.15, -0.1) is 0 Å². The molecule has 0 N–H and O–H groups in total. The van der Waals surface area contributed by atoms with Crippen LogP contribution in [0.2, 0.25) is 0 Å². The topological polar surface area (TPSA) is 36.1 Å². The number of nitrogens with zero attached hydrogens (tertiary/aromatic N) is 2. The van der Waals surface area contributed by atoms with E-state index in [4.69, 9.17) is 5.26 Å². The molecule has 2 heteroatoms. The zero-order valence-corrected chi connectivity index (χ0v) is 7.95. The van der Waals surface area contributed by atoms with E-state index in [0.29, 0.717) is 12.1 Å². The third kappa shape index (κ3) is 3.25. The van der Waals surface area contributed by atoms with Crippen LogP contribution in [0.25, 0.3) is 0 Å². The Bertz CT molecular complexity index is 290. The summed E-state index contributed by atoms with van der Waals surface area (Å²) in [6.07, 6.45) is 10.0. The Kier molecular flexibility index (Phi) is 3.98. The van der Waals surface area contributed by atoms with Gasteiger partial charge in [0.2, 0.25) is 0 Å². The summed E-state index contributed by atoms with van der Waals surface area (Å²) in [5.74, 6) is 0. The molecule has 0 aromatic carbocycles. The third-order valence-corrected chi connectivity index (χ3v) is 2.02. The van der Waals surface area contributed by atoms with Crippen LogP contribution in [0.3, 0.4) is 0 Å². The lowest BCUT2D eigenvalue weighted by Crippen LogP contribution is -1.89. The molecular formula is C11H14N2. The molecule has 0 aromatic heterocycles. The minimum absolute atomic E-state index is 0.600. The van der Waals surface area contributed by atoms with Gasteiger partial charge in [0.05, 0.1) is 0 Å². The van der Waals surface area contributed by atoms with Crippen molar-refractivity contribution in [1.29, 1.82) is 5.26 Å². The molecule has 2 nitrogen and oxygen atoms in total. The fourth-order valence-electron chi connectivity index (χ4n) is 1.21. The number of unbranched alkanes of at least 4 members (excludes halogenated alkanes) is 1. The van der Waals surface area contributed by atoms with Gasteiger partial charge in [-0.1, -0.05) is 25.0 Å². The largest absolute Gasteiger partial charge is 0.250 e. The zero-order chi connectivity index (χ0) is 9.52. The molecule has 0 amide bonds. The summed E-state index contributed by atoms with van der Waals surface area (Å²) >= 11 is 0. The van der Waals surface area contributed by atoms with E-state index in [1.54, 1.807) is 6.20 Å². The first-order valence-corrected chi connectivity index (χ1v) is 4.69. The highest BCUT2D eigenvalue weighted by Crippen LogP contribution is 2.12. The molecule has 0 aliphatic carbocycles. The van der Waals surface area contributed by atoms with Gasteiger partial charge in [0.25, 0.3) is 0 Å². The van der Waals surface area contributed by atoms with Crippen molar-refractivity contribution >= 4 is 5.71 Å². The molecule has 0 unspecified atom stereocenters. The van der Waals surface area contributed by atoms with Crippen molar-refractivity contribution in [2.75, 3.05) is 0 Å². The van der Waals surface area contributed by atoms with Gasteiger partial charge in [0.1, 0.15) is 11.8 Å². The normalized spacial score (nSPS) is 15.7. The SMILES string of the molecule is CCCCC1=CCC(C#N)=NC=C1. The second-order valence-corrected chi connectivity index (χ2v) is 3.09. The first-order chi connectivity index (χ1) is 6.36. The van der Waals surface area contributed by atoms with Gasteiger partial charge in [-0.05, 0) is 18.9 Å². The van der Waals surface area contributed by atoms with E-state index in [-0.39, 0.29) is 0 Å². The van der Waals surface area contributed by atoms with Gasteiger partial charge in [0, 0.05) is 12.6 Å². The maximum Gasteiger partial charge on any atom is 0.121 e. The lowest BCUT2D eigenvalue weighted by Gasteiger charge is -1.97. The number of hydrogen-bond donors (Lipinski definition) is 0. The van der Waals surface area contributed by atoms with E-state index in [2.05, 4.69) is 24.1 Å². The van der Waals surface area contributed by atoms with Crippen molar-refractivity contribution in [2.45, 2.75) is 32.6 Å². The fourth-order valence-corrected chi connectivity index (χ4v) is 1.21. The summed E-state index contributed by atoms with van der Waals surface area (Å²) in [6.45, 7) is 2.18. The predicted octanol–water partition coefficient (Wildman–Crippen LogP) is 2.98. The molecule has 1 rings (SSSR count). The minimum atomic E-state index is 0.600. The van der Waals surface area contributed by atoms with Crippen LogP contribution in [-0.4, -0.2) is 5.71 Å². The highest BCUT2D eigenvalue weighted by Gasteiger charge is 1.99. The van der Waals surface area contributed by atoms with Crippen molar-refractivity contribution in [3.05, 3.63) is 23.9 Å². The number of allylic oxidation sites excluding steroid dienone is 3. The third-order valence-electron chi connectivity index (χ3n) is 2.02. The summed E-state index contributed by atoms with van der Waals surface area (Å²) in [7, 11) is 0. The first kappa shape index (κ1) is 9.73. The van der Waals surface area contributed by atoms with Crippen LogP contribution in [0.1, 0.15) is 32.6 Å². The monoisotopic (exact) mass is 174 g/mol. The van der Waals surface area contributed by atoms with Crippen molar-refractivity contribution < 1.29 is 0 Å². The molecule has 0 atom stereocenters. The van der Waals surface area contributed by atoms with Crippen molar-refractivity contribution in [3.63, 3.8) is 0 Å². The summed E-state index contributed by atoms with van der Waals surface area (Å²) in [4.78, 5) is 4.02. The van der Waals surface area contributed by atoms with Crippen LogP contribution in [-0.2, 0) is 0 Å². The van der Waals surface area contributed by atoms with Crippen LogP contribution in [0.15, 0.2) is 28.9 Å². The van der Waals surface area contributed by atoms with Crippen LogP contribution in [0.5, 0.6) is 0 Å². The van der Waals surface area contributed by atoms with E-state index in [0.717, 1.165) is 6.42 Å². The summed E-state index contributed by atoms with van der Waals surface area (Å²) in [5.41, 5.74) is 1.90. The molecule has 0 fully saturated rings. The molecule has 0 aromatic rings. The molecule has 0 saturated heterocycles. The van der Waals surface area contributed by atoms with Gasteiger partial charge in [-0.3, -0.25) is 0 Å². The Morgan fingerprint density at radius 3 is 3.15 bits per heavy atom. The van der Waals surface area contributed by atoms with Gasteiger partial charge in [-0.25, -0.2) is 4.99 Å². The van der Waals surface area contributed by atoms with Gasteiger partial charge in [-0.2, -0.15) is 5.26 Å². The Morgan fingerprint density at radius 1 is 1.62 bits per heavy atom. The van der Waals surface area contributed by atoms with Crippen LogP contribution >= 0.6 is 0 Å². The molecule has 0 saturated carbocycles. The number of hydrogen-bond acceptors (Lipinski definition) is 2. The molecule has 0 bridgehead atoms. The van der Waals surface area contributed by atoms with Crippen LogP contribution < -0.4 is 0 Å². The molecule has 1 aliphatic heterocycles. The second kappa shape index (κ2) is 5.31. The molecule has 1 heterocycles. The van der Waals surface area contributed by atoms with E-state index in [1.165, 1.54) is 18.4 Å². The quantitative estimate of drug-likeness (QED) is 0.648. The molecule has 0 spiro atoms. The van der Waals surface area contributed by atoms with Crippen molar-refractivity contribution in [3.8, 4) is 6.07 Å². The minimum Gasteiger partial charge on any atom is -0.250 e. The number of aliphatic imine (C=N–C) groups is 1. The van der Waals surface area contributed by atoms with E-state index < -0.39 is 0 Å². The zero-order valence-electron chi connectivity index (χ0n) is 7.95. The first-order valence-electron chi connectivity index (χ1n) is 4.69. The van der Waals surface area contributed by atoms with Crippen molar-refractivity contribution in [2.24, 2.45) is 4.99 Å². The molecule has 13 heavy (non-hydrogen) atoms. The Morgan fingerprint density at radius 2 is 2.46 bits per heavy atom. The molecule has 68 valence electrons. The van der Waals surface area contributed by atoms with Crippen LogP contribution in [0, 0.1) is 11.3 Å². The standard InChI is InChI=1S/C11H14N2/c1-2-3-4-10-5-6-11(9-12)13-8-7-10/h5,7-8H,2-4,6H2,1H3. The molecule has 0 radical (unpaired) electrons. The van der Waals surface area contributed by atoms with E-state index in [1.807, 2.05) is 6.08 Å². The average molecular weight is 174 g/mol. The smallest absolute Gasteiger partial charge is 0.121 e. The average Bonchev–Trinajstić information content (AvgIpc) is 2.39. The predicted molar refractivity (Wildman–Crippen MR) is 54.4 cm³/mol. The van der Waals surface area contributed by atoms with Crippen LogP contribution in [0.4, 0.5) is 0 Å². The van der Waals surface area contributed by atoms with Gasteiger partial charge in [0.15, 0.2) is 0 Å². The van der Waals surface area contributed by atoms with Crippen molar-refractivity contribution in [1.82, 2.24) is 0 Å². The Labute approximate surface area is 79.3 Å². The van der Waals surface area contributed by atoms with E-state index in [9.17, 15) is 0 Å². The maximum absolute atomic E-state index is 8.63. The lowest BCUT2D eigenvalue weighted by atomic mass is 10.1. The molecular weight excluding hydrogens is 160 g/mol. The number of nitriles is 1. The van der Waals surface area contributed by atoms with Gasteiger partial charge >= 0.3 is 0 Å². The molecule has 1 aliphatic rings. The maximum atomic E-state index is 8.63. The lowest BCUT2D eigenvalue weighted by molar-refractivity contribution is 0.796. The van der Waals surface area contributed by atoms with E-state index >= 15 is 0 Å². The fraction of sp³-hybridized carbons (Fsp3) is 0.455. The summed E-state index contributed by atoms with van der Waals surface area (Å²) < 4.78 is 0. The summed E-state index contributed by atoms with van der Waals surface area (Å²) in [5, 5.41) is 8.63. The number of rotatable bonds is 3. The highest BCUT2D eigenvalue weighted by molar-refractivity contribution is 6.00. The van der Waals surface area contributed by atoms with Gasteiger partial charge < -0.3 is 0 Å². The highest BCUT2D eigenvalue weighted by atomic mass is 14.7. The summed E-state index contributed by atoms with van der Waals surface area (Å²) in [6, 6.07) is 2.07. The Hall–Kier alpha value is -1.36. The second-order valence-electron chi connectivity index (χ2n) is 3.09. The Balaban J connectivity index is 2.54.